The summed E-state index contributed by atoms with van der Waals surface area (Å²) in [7, 11) is 1.67. The SMILES string of the molecule is COc1ccc2nc3ccccc3c(Nc3nc4ccccc4[nH]3)c2c1. The topological polar surface area (TPSA) is 62.8 Å². The van der Waals surface area contributed by atoms with Crippen LogP contribution in [-0.2, 0) is 0 Å². The van der Waals surface area contributed by atoms with Gasteiger partial charge in [-0.1, -0.05) is 30.3 Å². The number of para-hydroxylation sites is 3. The van der Waals surface area contributed by atoms with Gasteiger partial charge < -0.3 is 15.0 Å². The number of H-pyrrole nitrogens is 1. The lowest BCUT2D eigenvalue weighted by atomic mass is 10.1. The van der Waals surface area contributed by atoms with Gasteiger partial charge in [-0.15, -0.1) is 0 Å². The van der Waals surface area contributed by atoms with E-state index in [1.807, 2.05) is 60.7 Å². The first-order valence-corrected chi connectivity index (χ1v) is 8.40. The van der Waals surface area contributed by atoms with Crippen molar-refractivity contribution in [2.45, 2.75) is 0 Å². The molecule has 0 amide bonds. The number of fused-ring (bicyclic) bond motifs is 3. The number of rotatable bonds is 3. The van der Waals surface area contributed by atoms with E-state index < -0.39 is 0 Å². The molecule has 0 spiro atoms. The van der Waals surface area contributed by atoms with Gasteiger partial charge in [0.1, 0.15) is 5.75 Å². The van der Waals surface area contributed by atoms with E-state index in [9.17, 15) is 0 Å². The van der Waals surface area contributed by atoms with E-state index in [-0.39, 0.29) is 0 Å². The van der Waals surface area contributed by atoms with Crippen LogP contribution in [0.1, 0.15) is 0 Å². The Balaban J connectivity index is 1.76. The highest BCUT2D eigenvalue weighted by Crippen LogP contribution is 2.34. The Morgan fingerprint density at radius 2 is 1.58 bits per heavy atom. The summed E-state index contributed by atoms with van der Waals surface area (Å²) in [5.74, 6) is 1.49. The number of anilines is 2. The zero-order chi connectivity index (χ0) is 17.5. The monoisotopic (exact) mass is 340 g/mol. The Morgan fingerprint density at radius 1 is 0.808 bits per heavy atom. The molecule has 0 aliphatic rings. The van der Waals surface area contributed by atoms with Gasteiger partial charge in [0.15, 0.2) is 0 Å². The second kappa shape index (κ2) is 5.74. The molecule has 0 unspecified atom stereocenters. The van der Waals surface area contributed by atoms with Gasteiger partial charge in [-0.3, -0.25) is 0 Å². The molecule has 2 heterocycles. The molecule has 5 nitrogen and oxygen atoms in total. The lowest BCUT2D eigenvalue weighted by Gasteiger charge is -2.12. The van der Waals surface area contributed by atoms with Gasteiger partial charge in [-0.2, -0.15) is 0 Å². The van der Waals surface area contributed by atoms with Gasteiger partial charge >= 0.3 is 0 Å². The smallest absolute Gasteiger partial charge is 0.205 e. The summed E-state index contributed by atoms with van der Waals surface area (Å²) < 4.78 is 5.41. The first kappa shape index (κ1) is 14.7. The van der Waals surface area contributed by atoms with Crippen molar-refractivity contribution in [2.75, 3.05) is 12.4 Å². The van der Waals surface area contributed by atoms with Crippen molar-refractivity contribution in [2.24, 2.45) is 0 Å². The third-order valence-corrected chi connectivity index (χ3v) is 4.52. The molecule has 126 valence electrons. The number of pyridine rings is 1. The number of ether oxygens (including phenoxy) is 1. The van der Waals surface area contributed by atoms with Crippen LogP contribution < -0.4 is 10.1 Å². The lowest BCUT2D eigenvalue weighted by molar-refractivity contribution is 0.415. The van der Waals surface area contributed by atoms with Gasteiger partial charge in [0.25, 0.3) is 0 Å². The summed E-state index contributed by atoms with van der Waals surface area (Å²) in [4.78, 5) is 12.7. The molecule has 0 bridgehead atoms. The summed E-state index contributed by atoms with van der Waals surface area (Å²) in [5.41, 5.74) is 4.72. The van der Waals surface area contributed by atoms with Crippen molar-refractivity contribution >= 4 is 44.5 Å². The summed E-state index contributed by atoms with van der Waals surface area (Å²) >= 11 is 0. The molecule has 0 aliphatic carbocycles. The summed E-state index contributed by atoms with van der Waals surface area (Å²) in [6.07, 6.45) is 0. The number of methoxy groups -OCH3 is 1. The van der Waals surface area contributed by atoms with E-state index in [4.69, 9.17) is 9.72 Å². The second-order valence-electron chi connectivity index (χ2n) is 6.11. The van der Waals surface area contributed by atoms with Crippen molar-refractivity contribution in [1.29, 1.82) is 0 Å². The molecule has 2 aromatic heterocycles. The van der Waals surface area contributed by atoms with Crippen molar-refractivity contribution in [3.63, 3.8) is 0 Å². The van der Waals surface area contributed by atoms with Crippen LogP contribution in [0, 0.1) is 0 Å². The average Bonchev–Trinajstić information content (AvgIpc) is 3.10. The zero-order valence-corrected chi connectivity index (χ0v) is 14.2. The van der Waals surface area contributed by atoms with Crippen LogP contribution in [-0.4, -0.2) is 22.1 Å². The van der Waals surface area contributed by atoms with Crippen LogP contribution in [0.4, 0.5) is 11.6 Å². The van der Waals surface area contributed by atoms with Crippen LogP contribution in [0.5, 0.6) is 5.75 Å². The molecule has 0 saturated carbocycles. The van der Waals surface area contributed by atoms with Gasteiger partial charge in [-0.25, -0.2) is 9.97 Å². The molecule has 3 aromatic carbocycles. The quantitative estimate of drug-likeness (QED) is 0.453. The molecular weight excluding hydrogens is 324 g/mol. The number of nitrogens with one attached hydrogen (secondary N) is 2. The van der Waals surface area contributed by atoms with E-state index in [0.29, 0.717) is 5.95 Å². The molecule has 0 saturated heterocycles. The number of nitrogens with zero attached hydrogens (tertiary/aromatic N) is 2. The van der Waals surface area contributed by atoms with Crippen LogP contribution in [0.3, 0.4) is 0 Å². The maximum absolute atomic E-state index is 5.41. The number of hydrogen-bond donors (Lipinski definition) is 2. The summed E-state index contributed by atoms with van der Waals surface area (Å²) in [6.45, 7) is 0. The third-order valence-electron chi connectivity index (χ3n) is 4.52. The number of aromatic nitrogens is 3. The Labute approximate surface area is 149 Å². The molecule has 0 radical (unpaired) electrons. The van der Waals surface area contributed by atoms with Crippen LogP contribution in [0.25, 0.3) is 32.8 Å². The van der Waals surface area contributed by atoms with E-state index >= 15 is 0 Å². The highest BCUT2D eigenvalue weighted by Gasteiger charge is 2.12. The number of hydrogen-bond acceptors (Lipinski definition) is 4. The van der Waals surface area contributed by atoms with E-state index in [1.165, 1.54) is 0 Å². The second-order valence-corrected chi connectivity index (χ2v) is 6.11. The van der Waals surface area contributed by atoms with Crippen molar-refractivity contribution in [1.82, 2.24) is 15.0 Å². The van der Waals surface area contributed by atoms with Crippen molar-refractivity contribution in [3.8, 4) is 5.75 Å². The molecule has 0 atom stereocenters. The molecular formula is C21H16N4O. The minimum atomic E-state index is 0.701. The molecule has 2 N–H and O–H groups in total. The van der Waals surface area contributed by atoms with Gasteiger partial charge in [0.05, 0.1) is 34.9 Å². The Kier molecular flexibility index (Phi) is 3.25. The van der Waals surface area contributed by atoms with Gasteiger partial charge in [0, 0.05) is 10.8 Å². The summed E-state index contributed by atoms with van der Waals surface area (Å²) in [5, 5.41) is 5.49. The molecule has 5 heteroatoms. The molecule has 26 heavy (non-hydrogen) atoms. The number of benzene rings is 3. The van der Waals surface area contributed by atoms with Crippen LogP contribution in [0.15, 0.2) is 66.7 Å². The van der Waals surface area contributed by atoms with Crippen LogP contribution >= 0.6 is 0 Å². The summed E-state index contributed by atoms with van der Waals surface area (Å²) in [6, 6.07) is 22.0. The first-order valence-electron chi connectivity index (χ1n) is 8.40. The number of aromatic amines is 1. The standard InChI is InChI=1S/C21H16N4O/c1-26-13-10-11-17-15(12-13)20(14-6-2-3-7-16(14)22-17)25-21-23-18-8-4-5-9-19(18)24-21/h2-12H,1H3,(H2,22,23,24,25). The van der Waals surface area contributed by atoms with E-state index in [1.54, 1.807) is 7.11 Å². The van der Waals surface area contributed by atoms with Crippen LogP contribution in [0.2, 0.25) is 0 Å². The first-order chi connectivity index (χ1) is 12.8. The predicted octanol–water partition coefficient (Wildman–Crippen LogP) is 5.02. The Bertz CT molecular complexity index is 1230. The fourth-order valence-corrected chi connectivity index (χ4v) is 3.26. The lowest BCUT2D eigenvalue weighted by Crippen LogP contribution is -1.97. The van der Waals surface area contributed by atoms with E-state index in [0.717, 1.165) is 44.3 Å². The predicted molar refractivity (Wildman–Crippen MR) is 105 cm³/mol. The third kappa shape index (κ3) is 2.33. The fraction of sp³-hybridized carbons (Fsp3) is 0.0476. The zero-order valence-electron chi connectivity index (χ0n) is 14.2. The number of imidazole rings is 1. The average molecular weight is 340 g/mol. The Morgan fingerprint density at radius 3 is 2.42 bits per heavy atom. The highest BCUT2D eigenvalue weighted by atomic mass is 16.5. The molecule has 0 aliphatic heterocycles. The maximum atomic E-state index is 5.41. The molecule has 5 aromatic rings. The Hall–Kier alpha value is -3.60. The largest absolute Gasteiger partial charge is 0.497 e. The minimum absolute atomic E-state index is 0.701. The van der Waals surface area contributed by atoms with Gasteiger partial charge in [0.2, 0.25) is 5.95 Å². The normalized spacial score (nSPS) is 11.3. The fourth-order valence-electron chi connectivity index (χ4n) is 3.26. The minimum Gasteiger partial charge on any atom is -0.497 e. The highest BCUT2D eigenvalue weighted by molar-refractivity contribution is 6.08. The van der Waals surface area contributed by atoms with Crippen molar-refractivity contribution < 1.29 is 4.74 Å². The maximum Gasteiger partial charge on any atom is 0.205 e. The van der Waals surface area contributed by atoms with Gasteiger partial charge in [-0.05, 0) is 36.4 Å². The van der Waals surface area contributed by atoms with E-state index in [2.05, 4.69) is 21.4 Å². The molecule has 5 rings (SSSR count). The van der Waals surface area contributed by atoms with Crippen molar-refractivity contribution in [3.05, 3.63) is 66.7 Å². The molecule has 0 fully saturated rings.